The molecule has 0 bridgehead atoms. The fraction of sp³-hybridized carbons (Fsp3) is 0.278. The summed E-state index contributed by atoms with van der Waals surface area (Å²) in [5.74, 6) is -2.48. The van der Waals surface area contributed by atoms with Crippen LogP contribution in [0.1, 0.15) is 17.2 Å². The van der Waals surface area contributed by atoms with Crippen molar-refractivity contribution in [3.63, 3.8) is 0 Å². The highest BCUT2D eigenvalue weighted by Gasteiger charge is 2.47. The van der Waals surface area contributed by atoms with Crippen LogP contribution >= 0.6 is 0 Å². The van der Waals surface area contributed by atoms with Gasteiger partial charge in [0.1, 0.15) is 12.6 Å². The van der Waals surface area contributed by atoms with Gasteiger partial charge in [-0.3, -0.25) is 0 Å². The first-order valence-electron chi connectivity index (χ1n) is 7.65. The van der Waals surface area contributed by atoms with Crippen LogP contribution in [0.2, 0.25) is 0 Å². The Balaban J connectivity index is 1.80. The van der Waals surface area contributed by atoms with Gasteiger partial charge in [-0.15, -0.1) is 0 Å². The van der Waals surface area contributed by atoms with Crippen LogP contribution in [0.3, 0.4) is 0 Å². The van der Waals surface area contributed by atoms with E-state index in [1.807, 2.05) is 30.3 Å². The van der Waals surface area contributed by atoms with E-state index in [1.54, 1.807) is 6.07 Å². The van der Waals surface area contributed by atoms with Crippen LogP contribution in [0.15, 0.2) is 48.5 Å². The quantitative estimate of drug-likeness (QED) is 0.894. The number of hydrogen-bond donors (Lipinski definition) is 1. The largest absolute Gasteiger partial charge is 0.493 e. The van der Waals surface area contributed by atoms with E-state index in [0.717, 1.165) is 5.56 Å². The van der Waals surface area contributed by atoms with Crippen LogP contribution in [-0.4, -0.2) is 25.7 Å². The molecule has 1 fully saturated rings. The van der Waals surface area contributed by atoms with E-state index < -0.39 is 24.7 Å². The van der Waals surface area contributed by atoms with Gasteiger partial charge in [0, 0.05) is 0 Å². The van der Waals surface area contributed by atoms with Crippen molar-refractivity contribution in [2.45, 2.75) is 18.6 Å². The predicted molar refractivity (Wildman–Crippen MR) is 85.9 cm³/mol. The number of carbonyl (C=O) groups excluding carboxylic acids is 1. The Hall–Kier alpha value is -2.83. The maximum absolute atomic E-state index is 14.0. The lowest BCUT2D eigenvalue weighted by molar-refractivity contribution is -0.104. The third-order valence-corrected chi connectivity index (χ3v) is 3.84. The molecule has 132 valence electrons. The average molecular weight is 349 g/mol. The SMILES string of the molecule is COc1cc([C@H]2NC(=O)OCC2(F)F)ccc1OCc1ccccc1. The van der Waals surface area contributed by atoms with Crippen LogP contribution in [-0.2, 0) is 11.3 Å². The third-order valence-electron chi connectivity index (χ3n) is 3.84. The maximum atomic E-state index is 14.0. The molecule has 0 saturated carbocycles. The fourth-order valence-electron chi connectivity index (χ4n) is 2.56. The second-order valence-electron chi connectivity index (χ2n) is 5.60. The van der Waals surface area contributed by atoms with Gasteiger partial charge in [0.05, 0.1) is 7.11 Å². The van der Waals surface area contributed by atoms with Gasteiger partial charge in [-0.2, -0.15) is 0 Å². The second-order valence-corrected chi connectivity index (χ2v) is 5.60. The maximum Gasteiger partial charge on any atom is 0.408 e. The molecule has 5 nitrogen and oxygen atoms in total. The number of carbonyl (C=O) groups is 1. The smallest absolute Gasteiger partial charge is 0.408 e. The molecule has 25 heavy (non-hydrogen) atoms. The number of cyclic esters (lactones) is 1. The van der Waals surface area contributed by atoms with Gasteiger partial charge in [0.2, 0.25) is 0 Å². The predicted octanol–water partition coefficient (Wildman–Crippen LogP) is 3.69. The molecule has 0 aromatic heterocycles. The van der Waals surface area contributed by atoms with Gasteiger partial charge < -0.3 is 19.5 Å². The first-order valence-corrected chi connectivity index (χ1v) is 7.65. The number of alkyl carbamates (subject to hydrolysis) is 1. The Bertz CT molecular complexity index is 752. The molecule has 1 atom stereocenters. The van der Waals surface area contributed by atoms with Crippen molar-refractivity contribution in [2.75, 3.05) is 13.7 Å². The lowest BCUT2D eigenvalue weighted by Gasteiger charge is -2.32. The number of ether oxygens (including phenoxy) is 3. The van der Waals surface area contributed by atoms with Crippen molar-refractivity contribution in [2.24, 2.45) is 0 Å². The van der Waals surface area contributed by atoms with Crippen molar-refractivity contribution in [3.05, 3.63) is 59.7 Å². The number of alkyl halides is 2. The Labute approximate surface area is 143 Å². The fourth-order valence-corrected chi connectivity index (χ4v) is 2.56. The molecule has 2 aromatic rings. The Morgan fingerprint density at radius 3 is 2.68 bits per heavy atom. The van der Waals surface area contributed by atoms with E-state index in [4.69, 9.17) is 9.47 Å². The first kappa shape index (κ1) is 17.0. The Morgan fingerprint density at radius 2 is 1.96 bits per heavy atom. The molecule has 0 unspecified atom stereocenters. The van der Waals surface area contributed by atoms with E-state index in [9.17, 15) is 13.6 Å². The summed E-state index contributed by atoms with van der Waals surface area (Å²) < 4.78 is 43.4. The number of methoxy groups -OCH3 is 1. The van der Waals surface area contributed by atoms with E-state index in [2.05, 4.69) is 10.1 Å². The van der Waals surface area contributed by atoms with Crippen molar-refractivity contribution in [1.29, 1.82) is 0 Å². The van der Waals surface area contributed by atoms with Crippen LogP contribution in [0, 0.1) is 0 Å². The standard InChI is InChI=1S/C18H17F2NO4/c1-23-15-9-13(16-18(19,20)11-25-17(22)21-16)7-8-14(15)24-10-12-5-3-2-4-6-12/h2-9,16H,10-11H2,1H3,(H,21,22)/t16-/m1/s1. The van der Waals surface area contributed by atoms with Crippen molar-refractivity contribution < 1.29 is 27.8 Å². The molecule has 3 rings (SSSR count). The summed E-state index contributed by atoms with van der Waals surface area (Å²) in [6, 6.07) is 12.5. The van der Waals surface area contributed by atoms with Gasteiger partial charge in [-0.05, 0) is 23.3 Å². The summed E-state index contributed by atoms with van der Waals surface area (Å²) in [5.41, 5.74) is 1.18. The average Bonchev–Trinajstić information content (AvgIpc) is 2.63. The molecule has 7 heteroatoms. The van der Waals surface area contributed by atoms with Crippen LogP contribution < -0.4 is 14.8 Å². The molecule has 1 aliphatic heterocycles. The molecular formula is C18H17F2NO4. The number of nitrogens with one attached hydrogen (secondary N) is 1. The number of hydrogen-bond acceptors (Lipinski definition) is 4. The van der Waals surface area contributed by atoms with E-state index in [1.165, 1.54) is 19.2 Å². The zero-order valence-corrected chi connectivity index (χ0v) is 13.5. The molecule has 0 radical (unpaired) electrons. The van der Waals surface area contributed by atoms with Crippen molar-refractivity contribution >= 4 is 6.09 Å². The van der Waals surface area contributed by atoms with E-state index in [-0.39, 0.29) is 5.56 Å². The zero-order valence-electron chi connectivity index (χ0n) is 13.5. The molecule has 2 aromatic carbocycles. The first-order chi connectivity index (χ1) is 12.0. The molecule has 1 saturated heterocycles. The summed E-state index contributed by atoms with van der Waals surface area (Å²) in [7, 11) is 1.43. The van der Waals surface area contributed by atoms with Gasteiger partial charge in [0.15, 0.2) is 18.1 Å². The number of halogens is 2. The molecule has 0 aliphatic carbocycles. The van der Waals surface area contributed by atoms with Crippen molar-refractivity contribution in [1.82, 2.24) is 5.32 Å². The topological polar surface area (TPSA) is 56.8 Å². The van der Waals surface area contributed by atoms with Gasteiger partial charge in [-0.1, -0.05) is 36.4 Å². The minimum atomic E-state index is -3.22. The van der Waals surface area contributed by atoms with Crippen LogP contribution in [0.25, 0.3) is 0 Å². The number of rotatable bonds is 5. The van der Waals surface area contributed by atoms with E-state index >= 15 is 0 Å². The highest BCUT2D eigenvalue weighted by atomic mass is 19.3. The van der Waals surface area contributed by atoms with Crippen molar-refractivity contribution in [3.8, 4) is 11.5 Å². The molecule has 1 aliphatic rings. The summed E-state index contributed by atoms with van der Waals surface area (Å²) in [4.78, 5) is 11.3. The molecule has 1 amide bonds. The van der Waals surface area contributed by atoms with E-state index in [0.29, 0.717) is 18.1 Å². The monoisotopic (exact) mass is 349 g/mol. The van der Waals surface area contributed by atoms with Crippen LogP contribution in [0.5, 0.6) is 11.5 Å². The highest BCUT2D eigenvalue weighted by molar-refractivity contribution is 5.69. The summed E-state index contributed by atoms with van der Waals surface area (Å²) in [5, 5.41) is 2.14. The molecular weight excluding hydrogens is 332 g/mol. The zero-order chi connectivity index (χ0) is 17.9. The summed E-state index contributed by atoms with van der Waals surface area (Å²) >= 11 is 0. The molecule has 1 heterocycles. The highest BCUT2D eigenvalue weighted by Crippen LogP contribution is 2.38. The Kier molecular flexibility index (Phi) is 4.74. The number of amides is 1. The molecule has 1 N–H and O–H groups in total. The Morgan fingerprint density at radius 1 is 1.20 bits per heavy atom. The summed E-state index contributed by atoms with van der Waals surface area (Å²) in [6.07, 6.45) is -0.876. The minimum Gasteiger partial charge on any atom is -0.493 e. The normalized spacial score (nSPS) is 18.8. The third kappa shape index (κ3) is 3.81. The molecule has 0 spiro atoms. The van der Waals surface area contributed by atoms with Gasteiger partial charge in [0.25, 0.3) is 0 Å². The van der Waals surface area contributed by atoms with Gasteiger partial charge in [-0.25, -0.2) is 13.6 Å². The number of benzene rings is 2. The minimum absolute atomic E-state index is 0.213. The lowest BCUT2D eigenvalue weighted by Crippen LogP contribution is -2.49. The van der Waals surface area contributed by atoms with Crippen LogP contribution in [0.4, 0.5) is 13.6 Å². The summed E-state index contributed by atoms with van der Waals surface area (Å²) in [6.45, 7) is -0.640. The van der Waals surface area contributed by atoms with Gasteiger partial charge >= 0.3 is 12.0 Å². The lowest BCUT2D eigenvalue weighted by atomic mass is 9.99. The second kappa shape index (κ2) is 6.96.